The number of fused-ring (bicyclic) bond motifs is 8. The topological polar surface area (TPSA) is 59.4 Å². The van der Waals surface area contributed by atoms with Crippen LogP contribution in [0.15, 0.2) is 11.3 Å². The molecule has 214 valence electrons. The van der Waals surface area contributed by atoms with E-state index in [0.717, 1.165) is 51.4 Å². The molecule has 0 saturated carbocycles. The second-order valence-electron chi connectivity index (χ2n) is 11.4. The Kier molecular flexibility index (Phi) is 8.35. The Labute approximate surface area is 240 Å². The lowest BCUT2D eigenvalue weighted by Crippen LogP contribution is -2.30. The number of aromatic amines is 3. The maximum absolute atomic E-state index is 3.99. The molecule has 4 heteroatoms. The molecular formula is C36H50N4. The molecule has 5 rings (SSSR count). The molecular weight excluding hydrogens is 488 g/mol. The second kappa shape index (κ2) is 11.8. The van der Waals surface area contributed by atoms with Gasteiger partial charge in [0.2, 0.25) is 0 Å². The lowest BCUT2D eigenvalue weighted by atomic mass is 9.89. The molecule has 4 nitrogen and oxygen atoms in total. The van der Waals surface area contributed by atoms with Gasteiger partial charge in [-0.25, -0.2) is 0 Å². The highest BCUT2D eigenvalue weighted by Gasteiger charge is 2.30. The largest absolute Gasteiger partial charge is 0.378 e. The van der Waals surface area contributed by atoms with E-state index < -0.39 is 0 Å². The van der Waals surface area contributed by atoms with Crippen LogP contribution in [0.5, 0.6) is 0 Å². The van der Waals surface area contributed by atoms with E-state index in [1.165, 1.54) is 71.9 Å². The summed E-state index contributed by atoms with van der Waals surface area (Å²) in [4.78, 5) is 11.7. The number of H-pyrrole nitrogens is 3. The zero-order valence-corrected chi connectivity index (χ0v) is 26.1. The Morgan fingerprint density at radius 1 is 0.500 bits per heavy atom. The number of nitrogens with one attached hydrogen (secondary N) is 4. The van der Waals surface area contributed by atoms with E-state index in [4.69, 9.17) is 0 Å². The summed E-state index contributed by atoms with van der Waals surface area (Å²) in [5, 5.41) is 9.05. The number of hydrogen-bond acceptors (Lipinski definition) is 1. The minimum atomic E-state index is 0.285. The molecule has 0 aliphatic carbocycles. The van der Waals surface area contributed by atoms with E-state index in [-0.39, 0.29) is 6.04 Å². The molecule has 0 fully saturated rings. The summed E-state index contributed by atoms with van der Waals surface area (Å²) in [6.07, 6.45) is 18.0. The third-order valence-electron chi connectivity index (χ3n) is 9.56. The zero-order valence-electron chi connectivity index (χ0n) is 26.1. The maximum Gasteiger partial charge on any atom is 0.0533 e. The standard InChI is InChI=1S/C36H50N4/c1-9-21-22(10-2)30-18-32-25(13-5)26(14-6)34(39-32)20-36-28(16-8)27(15-7)35(40-36)19-33-24(12-4)23(11-3)31(38-33)17-29(21)37-30/h17-21,29,37-40H,9-16H2,1-8H3/b31-17-,32-18-,33-19-,34-20-. The summed E-state index contributed by atoms with van der Waals surface area (Å²) in [5.74, 6) is 0.499. The van der Waals surface area contributed by atoms with Crippen molar-refractivity contribution in [2.45, 2.75) is 113 Å². The van der Waals surface area contributed by atoms with Gasteiger partial charge in [-0.2, -0.15) is 0 Å². The SMILES string of the molecule is CCC1=C2/C=c3\[nH]/c(c(CC)c3CC)=C\c3[nH]c(c(CC)c3CC)/C=c3\[nH]/c(c(CC)c3CC)=C\C(N2)C1CC. The van der Waals surface area contributed by atoms with Gasteiger partial charge < -0.3 is 20.3 Å². The number of allylic oxidation sites excluding steroid dienone is 1. The van der Waals surface area contributed by atoms with Crippen LogP contribution >= 0.6 is 0 Å². The van der Waals surface area contributed by atoms with E-state index in [0.29, 0.717) is 5.92 Å². The molecule has 0 amide bonds. The molecule has 0 spiro atoms. The van der Waals surface area contributed by atoms with E-state index >= 15 is 0 Å². The fourth-order valence-corrected chi connectivity index (χ4v) is 7.69. The molecule has 3 aromatic heterocycles. The van der Waals surface area contributed by atoms with Gasteiger partial charge >= 0.3 is 0 Å². The number of aromatic nitrogens is 3. The average molecular weight is 539 g/mol. The van der Waals surface area contributed by atoms with Crippen LogP contribution in [0.3, 0.4) is 0 Å². The molecule has 0 saturated heterocycles. The molecule has 3 aromatic rings. The van der Waals surface area contributed by atoms with Gasteiger partial charge in [-0.05, 0) is 115 Å². The third kappa shape index (κ3) is 4.63. The number of hydrogen-bond donors (Lipinski definition) is 4. The Hall–Kier alpha value is -3.14. The van der Waals surface area contributed by atoms with Gasteiger partial charge in [0, 0.05) is 44.4 Å². The third-order valence-corrected chi connectivity index (χ3v) is 9.56. The molecule has 0 aromatic carbocycles. The predicted molar refractivity (Wildman–Crippen MR) is 171 cm³/mol. The molecule has 40 heavy (non-hydrogen) atoms. The van der Waals surface area contributed by atoms with Gasteiger partial charge in [-0.3, -0.25) is 0 Å². The van der Waals surface area contributed by atoms with Crippen molar-refractivity contribution >= 4 is 24.3 Å². The highest BCUT2D eigenvalue weighted by atomic mass is 15.0. The van der Waals surface area contributed by atoms with E-state index in [1.807, 2.05) is 0 Å². The molecule has 2 aliphatic heterocycles. The van der Waals surface area contributed by atoms with E-state index in [2.05, 4.69) is 100.0 Å². The first-order valence-corrected chi connectivity index (χ1v) is 16.1. The van der Waals surface area contributed by atoms with Crippen molar-refractivity contribution in [3.05, 3.63) is 77.4 Å². The molecule has 2 unspecified atom stereocenters. The van der Waals surface area contributed by atoms with Crippen LogP contribution in [0.25, 0.3) is 24.3 Å². The first-order chi connectivity index (χ1) is 19.5. The first kappa shape index (κ1) is 28.4. The Morgan fingerprint density at radius 3 is 1.40 bits per heavy atom. The second-order valence-corrected chi connectivity index (χ2v) is 11.4. The average Bonchev–Trinajstić information content (AvgIpc) is 3.67. The fourth-order valence-electron chi connectivity index (χ4n) is 7.69. The highest BCUT2D eigenvalue weighted by Crippen LogP contribution is 2.32. The van der Waals surface area contributed by atoms with Crippen LogP contribution in [-0.2, 0) is 38.5 Å². The summed E-state index contributed by atoms with van der Waals surface area (Å²) in [6, 6.07) is 0.285. The van der Waals surface area contributed by atoms with Crippen LogP contribution in [0.2, 0.25) is 0 Å². The first-order valence-electron chi connectivity index (χ1n) is 16.1. The van der Waals surface area contributed by atoms with E-state index in [9.17, 15) is 0 Å². The smallest absolute Gasteiger partial charge is 0.0533 e. The summed E-state index contributed by atoms with van der Waals surface area (Å²) in [7, 11) is 0. The van der Waals surface area contributed by atoms with Gasteiger partial charge in [0.05, 0.1) is 6.04 Å². The molecule has 8 bridgehead atoms. The van der Waals surface area contributed by atoms with Crippen LogP contribution in [0, 0.1) is 5.92 Å². The Morgan fingerprint density at radius 2 is 0.950 bits per heavy atom. The minimum Gasteiger partial charge on any atom is -0.378 e. The fraction of sp³-hybridized carbons (Fsp3) is 0.500. The van der Waals surface area contributed by atoms with Crippen LogP contribution in [0.4, 0.5) is 0 Å². The summed E-state index contributed by atoms with van der Waals surface area (Å²) in [5.41, 5.74) is 14.0. The van der Waals surface area contributed by atoms with Crippen LogP contribution in [0.1, 0.15) is 113 Å². The normalized spacial score (nSPS) is 21.6. The van der Waals surface area contributed by atoms with Crippen molar-refractivity contribution < 1.29 is 0 Å². The van der Waals surface area contributed by atoms with Gasteiger partial charge in [0.1, 0.15) is 0 Å². The maximum atomic E-state index is 3.99. The highest BCUT2D eigenvalue weighted by molar-refractivity contribution is 5.64. The van der Waals surface area contributed by atoms with Crippen molar-refractivity contribution in [2.75, 3.05) is 0 Å². The van der Waals surface area contributed by atoms with Crippen LogP contribution in [-0.4, -0.2) is 21.0 Å². The Balaban J connectivity index is 1.94. The molecule has 2 aliphatic rings. The summed E-state index contributed by atoms with van der Waals surface area (Å²) < 4.78 is 0. The number of rotatable bonds is 8. The zero-order chi connectivity index (χ0) is 28.6. The van der Waals surface area contributed by atoms with Crippen molar-refractivity contribution in [1.29, 1.82) is 0 Å². The van der Waals surface area contributed by atoms with Crippen molar-refractivity contribution in [3.8, 4) is 0 Å². The molecule has 5 heterocycles. The van der Waals surface area contributed by atoms with Gasteiger partial charge in [-0.15, -0.1) is 0 Å². The molecule has 4 N–H and O–H groups in total. The lowest BCUT2D eigenvalue weighted by molar-refractivity contribution is 0.533. The minimum absolute atomic E-state index is 0.285. The summed E-state index contributed by atoms with van der Waals surface area (Å²) >= 11 is 0. The van der Waals surface area contributed by atoms with Gasteiger partial charge in [0.25, 0.3) is 0 Å². The predicted octanol–water partition coefficient (Wildman–Crippen LogP) is 4.94. The van der Waals surface area contributed by atoms with Crippen molar-refractivity contribution in [2.24, 2.45) is 5.92 Å². The van der Waals surface area contributed by atoms with Gasteiger partial charge in [-0.1, -0.05) is 55.4 Å². The van der Waals surface area contributed by atoms with Crippen LogP contribution < -0.4 is 26.7 Å². The quantitative estimate of drug-likeness (QED) is 0.323. The lowest BCUT2D eigenvalue weighted by Gasteiger charge is -2.17. The van der Waals surface area contributed by atoms with Gasteiger partial charge in [0.15, 0.2) is 0 Å². The monoisotopic (exact) mass is 538 g/mol. The van der Waals surface area contributed by atoms with Crippen molar-refractivity contribution in [3.63, 3.8) is 0 Å². The van der Waals surface area contributed by atoms with E-state index in [1.54, 1.807) is 5.57 Å². The summed E-state index contributed by atoms with van der Waals surface area (Å²) in [6.45, 7) is 18.4. The molecule has 2 atom stereocenters. The molecule has 0 radical (unpaired) electrons. The Bertz CT molecular complexity index is 1670. The van der Waals surface area contributed by atoms with Crippen molar-refractivity contribution in [1.82, 2.24) is 20.3 Å².